The van der Waals surface area contributed by atoms with E-state index in [1.54, 1.807) is 19.1 Å². The Hall–Kier alpha value is -2.57. The smallest absolute Gasteiger partial charge is 0.387 e. The minimum atomic E-state index is -2.86. The number of aromatic nitrogens is 2. The van der Waals surface area contributed by atoms with E-state index in [2.05, 4.69) is 20.0 Å². The van der Waals surface area contributed by atoms with E-state index in [0.29, 0.717) is 0 Å². The standard InChI is InChI=1S/C14H13F2N3O2/c1-9(19-13(20)12-8-17-6-7-18-12)10-2-4-11(5-3-10)21-14(15)16/h2-9,14H,1H3,(H,19,20)/t9-/m1/s1. The second-order valence-electron chi connectivity index (χ2n) is 4.23. The Balaban J connectivity index is 2.00. The van der Waals surface area contributed by atoms with Crippen LogP contribution in [0.5, 0.6) is 5.75 Å². The number of carbonyl (C=O) groups is 1. The van der Waals surface area contributed by atoms with Gasteiger partial charge in [0.25, 0.3) is 5.91 Å². The van der Waals surface area contributed by atoms with Gasteiger partial charge >= 0.3 is 6.61 Å². The zero-order valence-electron chi connectivity index (χ0n) is 11.2. The zero-order chi connectivity index (χ0) is 15.2. The van der Waals surface area contributed by atoms with Crippen LogP contribution in [0, 0.1) is 0 Å². The van der Waals surface area contributed by atoms with Crippen molar-refractivity contribution in [2.45, 2.75) is 19.6 Å². The lowest BCUT2D eigenvalue weighted by molar-refractivity contribution is -0.0498. The van der Waals surface area contributed by atoms with Crippen molar-refractivity contribution in [2.75, 3.05) is 0 Å². The van der Waals surface area contributed by atoms with E-state index < -0.39 is 6.61 Å². The predicted molar refractivity (Wildman–Crippen MR) is 71.0 cm³/mol. The second kappa shape index (κ2) is 6.74. The van der Waals surface area contributed by atoms with Gasteiger partial charge in [-0.25, -0.2) is 4.98 Å². The normalized spacial score (nSPS) is 12.0. The fraction of sp³-hybridized carbons (Fsp3) is 0.214. The first-order valence-corrected chi connectivity index (χ1v) is 6.18. The first-order valence-electron chi connectivity index (χ1n) is 6.18. The zero-order valence-corrected chi connectivity index (χ0v) is 11.2. The molecule has 0 fully saturated rings. The largest absolute Gasteiger partial charge is 0.435 e. The van der Waals surface area contributed by atoms with Gasteiger partial charge in [0, 0.05) is 12.4 Å². The molecule has 21 heavy (non-hydrogen) atoms. The molecule has 1 N–H and O–H groups in total. The Morgan fingerprint density at radius 3 is 2.52 bits per heavy atom. The molecule has 0 bridgehead atoms. The van der Waals surface area contributed by atoms with Crippen LogP contribution in [0.4, 0.5) is 8.78 Å². The number of halogens is 2. The van der Waals surface area contributed by atoms with E-state index in [0.717, 1.165) is 5.56 Å². The van der Waals surface area contributed by atoms with Gasteiger partial charge in [0.15, 0.2) is 0 Å². The Morgan fingerprint density at radius 1 is 1.24 bits per heavy atom. The highest BCUT2D eigenvalue weighted by Crippen LogP contribution is 2.19. The monoisotopic (exact) mass is 293 g/mol. The number of hydrogen-bond donors (Lipinski definition) is 1. The van der Waals surface area contributed by atoms with Crippen LogP contribution < -0.4 is 10.1 Å². The van der Waals surface area contributed by atoms with Crippen LogP contribution in [0.25, 0.3) is 0 Å². The van der Waals surface area contributed by atoms with Crippen molar-refractivity contribution in [3.63, 3.8) is 0 Å². The van der Waals surface area contributed by atoms with Crippen molar-refractivity contribution in [2.24, 2.45) is 0 Å². The maximum atomic E-state index is 12.0. The third kappa shape index (κ3) is 4.20. The molecule has 0 aliphatic heterocycles. The van der Waals surface area contributed by atoms with Crippen molar-refractivity contribution in [1.29, 1.82) is 0 Å². The van der Waals surface area contributed by atoms with Crippen LogP contribution in [-0.4, -0.2) is 22.5 Å². The number of alkyl halides is 2. The third-order valence-electron chi connectivity index (χ3n) is 2.75. The van der Waals surface area contributed by atoms with Gasteiger partial charge in [0.1, 0.15) is 11.4 Å². The van der Waals surface area contributed by atoms with E-state index in [4.69, 9.17) is 0 Å². The van der Waals surface area contributed by atoms with Crippen LogP contribution in [-0.2, 0) is 0 Å². The first kappa shape index (κ1) is 14.8. The molecule has 0 saturated carbocycles. The molecule has 110 valence electrons. The van der Waals surface area contributed by atoms with E-state index >= 15 is 0 Å². The fourth-order valence-corrected chi connectivity index (χ4v) is 1.71. The molecule has 0 aliphatic carbocycles. The molecule has 0 spiro atoms. The number of hydrogen-bond acceptors (Lipinski definition) is 4. The average molecular weight is 293 g/mol. The summed E-state index contributed by atoms with van der Waals surface area (Å²) in [4.78, 5) is 19.6. The Kier molecular flexibility index (Phi) is 4.76. The summed E-state index contributed by atoms with van der Waals surface area (Å²) in [7, 11) is 0. The summed E-state index contributed by atoms with van der Waals surface area (Å²) in [6.07, 6.45) is 4.26. The maximum Gasteiger partial charge on any atom is 0.387 e. The number of rotatable bonds is 5. The molecular weight excluding hydrogens is 280 g/mol. The van der Waals surface area contributed by atoms with E-state index in [1.807, 2.05) is 0 Å². The van der Waals surface area contributed by atoms with Crippen LogP contribution in [0.3, 0.4) is 0 Å². The summed E-state index contributed by atoms with van der Waals surface area (Å²) in [6.45, 7) is -1.08. The quantitative estimate of drug-likeness (QED) is 0.920. The SMILES string of the molecule is C[C@@H](NC(=O)c1cnccn1)c1ccc(OC(F)F)cc1. The van der Waals surface area contributed by atoms with Crippen molar-refractivity contribution in [3.05, 3.63) is 54.1 Å². The third-order valence-corrected chi connectivity index (χ3v) is 2.75. The van der Waals surface area contributed by atoms with Gasteiger partial charge in [-0.15, -0.1) is 0 Å². The van der Waals surface area contributed by atoms with Crippen LogP contribution in [0.15, 0.2) is 42.9 Å². The highest BCUT2D eigenvalue weighted by Gasteiger charge is 2.13. The van der Waals surface area contributed by atoms with E-state index in [-0.39, 0.29) is 23.4 Å². The molecule has 2 aromatic rings. The maximum absolute atomic E-state index is 12.0. The van der Waals surface area contributed by atoms with Gasteiger partial charge in [0.2, 0.25) is 0 Å². The molecule has 0 unspecified atom stereocenters. The number of nitrogens with one attached hydrogen (secondary N) is 1. The van der Waals surface area contributed by atoms with Gasteiger partial charge in [0.05, 0.1) is 12.2 Å². The molecule has 1 amide bonds. The van der Waals surface area contributed by atoms with Gasteiger partial charge in [-0.05, 0) is 24.6 Å². The van der Waals surface area contributed by atoms with Gasteiger partial charge in [-0.3, -0.25) is 9.78 Å². The highest BCUT2D eigenvalue weighted by atomic mass is 19.3. The van der Waals surface area contributed by atoms with E-state index in [1.165, 1.54) is 30.7 Å². The summed E-state index contributed by atoms with van der Waals surface area (Å²) in [6, 6.07) is 5.76. The molecule has 0 saturated heterocycles. The summed E-state index contributed by atoms with van der Waals surface area (Å²) >= 11 is 0. The molecule has 0 radical (unpaired) electrons. The Bertz CT molecular complexity index is 591. The van der Waals surface area contributed by atoms with Crippen molar-refractivity contribution >= 4 is 5.91 Å². The van der Waals surface area contributed by atoms with Crippen LogP contribution in [0.2, 0.25) is 0 Å². The van der Waals surface area contributed by atoms with Crippen LogP contribution >= 0.6 is 0 Å². The molecule has 1 heterocycles. The molecule has 7 heteroatoms. The lowest BCUT2D eigenvalue weighted by atomic mass is 10.1. The van der Waals surface area contributed by atoms with Crippen molar-refractivity contribution in [3.8, 4) is 5.75 Å². The molecular formula is C14H13F2N3O2. The molecule has 0 aliphatic rings. The minimum Gasteiger partial charge on any atom is -0.435 e. The van der Waals surface area contributed by atoms with E-state index in [9.17, 15) is 13.6 Å². The molecule has 1 atom stereocenters. The predicted octanol–water partition coefficient (Wildman–Crippen LogP) is 2.57. The number of ether oxygens (including phenoxy) is 1. The summed E-state index contributed by atoms with van der Waals surface area (Å²) < 4.78 is 28.4. The number of nitrogens with zero attached hydrogens (tertiary/aromatic N) is 2. The fourth-order valence-electron chi connectivity index (χ4n) is 1.71. The molecule has 5 nitrogen and oxygen atoms in total. The summed E-state index contributed by atoms with van der Waals surface area (Å²) in [5.41, 5.74) is 0.968. The van der Waals surface area contributed by atoms with Gasteiger partial charge in [-0.2, -0.15) is 8.78 Å². The van der Waals surface area contributed by atoms with Gasteiger partial charge < -0.3 is 10.1 Å². The number of carbonyl (C=O) groups excluding carboxylic acids is 1. The molecule has 1 aromatic carbocycles. The average Bonchev–Trinajstić information content (AvgIpc) is 2.48. The van der Waals surface area contributed by atoms with Gasteiger partial charge in [-0.1, -0.05) is 12.1 Å². The van der Waals surface area contributed by atoms with Crippen molar-refractivity contribution < 1.29 is 18.3 Å². The molecule has 2 rings (SSSR count). The Morgan fingerprint density at radius 2 is 1.95 bits per heavy atom. The summed E-state index contributed by atoms with van der Waals surface area (Å²) in [5.74, 6) is -0.287. The summed E-state index contributed by atoms with van der Waals surface area (Å²) in [5, 5.41) is 2.74. The minimum absolute atomic E-state index is 0.0706. The first-order chi connectivity index (χ1) is 10.1. The second-order valence-corrected chi connectivity index (χ2v) is 4.23. The number of amides is 1. The lowest BCUT2D eigenvalue weighted by Gasteiger charge is -2.14. The lowest BCUT2D eigenvalue weighted by Crippen LogP contribution is -2.27. The topological polar surface area (TPSA) is 64.1 Å². The number of benzene rings is 1. The Labute approximate surface area is 120 Å². The van der Waals surface area contributed by atoms with Crippen LogP contribution in [0.1, 0.15) is 29.0 Å². The molecule has 1 aromatic heterocycles. The van der Waals surface area contributed by atoms with Crippen molar-refractivity contribution in [1.82, 2.24) is 15.3 Å². The highest BCUT2D eigenvalue weighted by molar-refractivity contribution is 5.92.